The monoisotopic (exact) mass is 263 g/mol. The van der Waals surface area contributed by atoms with Gasteiger partial charge in [-0.2, -0.15) is 0 Å². The van der Waals surface area contributed by atoms with Crippen molar-refractivity contribution in [2.75, 3.05) is 0 Å². The molecule has 2 saturated carbocycles. The summed E-state index contributed by atoms with van der Waals surface area (Å²) in [5, 5.41) is 9.71. The zero-order chi connectivity index (χ0) is 13.4. The maximum atomic E-state index is 9.71. The molecule has 1 heterocycles. The van der Waals surface area contributed by atoms with E-state index in [-0.39, 0.29) is 6.10 Å². The molecule has 1 aliphatic heterocycles. The molecule has 3 rings (SSSR count). The lowest BCUT2D eigenvalue weighted by Gasteiger charge is -2.37. The lowest BCUT2D eigenvalue weighted by atomic mass is 9.73. The van der Waals surface area contributed by atoms with E-state index in [1.807, 2.05) is 0 Å². The molecule has 0 spiro atoms. The maximum Gasteiger partial charge on any atom is 0.0540 e. The minimum Gasteiger partial charge on any atom is -0.393 e. The SMILES string of the molecule is CC(C)N1C=C(C2CCC(O)CC2)C2CCCCC21. The Hall–Kier alpha value is -0.500. The van der Waals surface area contributed by atoms with Gasteiger partial charge in [-0.05, 0) is 70.1 Å². The summed E-state index contributed by atoms with van der Waals surface area (Å²) < 4.78 is 0. The van der Waals surface area contributed by atoms with Crippen molar-refractivity contribution in [1.82, 2.24) is 4.90 Å². The molecule has 3 aliphatic rings. The van der Waals surface area contributed by atoms with Gasteiger partial charge >= 0.3 is 0 Å². The average molecular weight is 263 g/mol. The van der Waals surface area contributed by atoms with Gasteiger partial charge in [-0.3, -0.25) is 0 Å². The molecule has 0 aromatic rings. The average Bonchev–Trinajstić information content (AvgIpc) is 2.79. The summed E-state index contributed by atoms with van der Waals surface area (Å²) in [6.45, 7) is 4.66. The first kappa shape index (κ1) is 13.5. The van der Waals surface area contributed by atoms with Gasteiger partial charge in [0.1, 0.15) is 0 Å². The quantitative estimate of drug-likeness (QED) is 0.821. The van der Waals surface area contributed by atoms with E-state index in [4.69, 9.17) is 0 Å². The van der Waals surface area contributed by atoms with Crippen molar-refractivity contribution in [2.24, 2.45) is 11.8 Å². The third-order valence-corrected chi connectivity index (χ3v) is 5.60. The van der Waals surface area contributed by atoms with E-state index in [2.05, 4.69) is 24.9 Å². The molecule has 2 heteroatoms. The lowest BCUT2D eigenvalue weighted by Crippen LogP contribution is -2.38. The van der Waals surface area contributed by atoms with Crippen molar-refractivity contribution < 1.29 is 5.11 Å². The molecular formula is C17H29NO. The van der Waals surface area contributed by atoms with E-state index < -0.39 is 0 Å². The van der Waals surface area contributed by atoms with Gasteiger partial charge in [0, 0.05) is 18.0 Å². The Bertz CT molecular complexity index is 341. The number of aliphatic hydroxyl groups is 1. The topological polar surface area (TPSA) is 23.5 Å². The van der Waals surface area contributed by atoms with Crippen LogP contribution in [-0.2, 0) is 0 Å². The number of hydrogen-bond donors (Lipinski definition) is 1. The third kappa shape index (κ3) is 2.56. The Labute approximate surface area is 117 Å². The van der Waals surface area contributed by atoms with Crippen LogP contribution in [-0.4, -0.2) is 28.2 Å². The molecule has 0 radical (unpaired) electrons. The first-order valence-corrected chi connectivity index (χ1v) is 8.34. The molecule has 19 heavy (non-hydrogen) atoms. The predicted molar refractivity (Wildman–Crippen MR) is 78.8 cm³/mol. The van der Waals surface area contributed by atoms with Crippen molar-refractivity contribution >= 4 is 0 Å². The number of rotatable bonds is 2. The summed E-state index contributed by atoms with van der Waals surface area (Å²) in [6.07, 6.45) is 12.6. The van der Waals surface area contributed by atoms with Gasteiger partial charge in [-0.15, -0.1) is 0 Å². The zero-order valence-corrected chi connectivity index (χ0v) is 12.5. The Kier molecular flexibility index (Phi) is 3.88. The van der Waals surface area contributed by atoms with Gasteiger partial charge in [-0.25, -0.2) is 0 Å². The van der Waals surface area contributed by atoms with Crippen molar-refractivity contribution in [3.63, 3.8) is 0 Å². The third-order valence-electron chi connectivity index (χ3n) is 5.60. The summed E-state index contributed by atoms with van der Waals surface area (Å²) >= 11 is 0. The van der Waals surface area contributed by atoms with E-state index in [0.29, 0.717) is 6.04 Å². The zero-order valence-electron chi connectivity index (χ0n) is 12.5. The highest BCUT2D eigenvalue weighted by Gasteiger charge is 2.40. The molecule has 2 nitrogen and oxygen atoms in total. The summed E-state index contributed by atoms with van der Waals surface area (Å²) in [6, 6.07) is 1.42. The molecule has 108 valence electrons. The van der Waals surface area contributed by atoms with Crippen molar-refractivity contribution in [1.29, 1.82) is 0 Å². The molecule has 2 aliphatic carbocycles. The number of fused-ring (bicyclic) bond motifs is 1. The van der Waals surface area contributed by atoms with Gasteiger partial charge in [0.25, 0.3) is 0 Å². The summed E-state index contributed by atoms with van der Waals surface area (Å²) in [5.74, 6) is 1.59. The molecule has 0 saturated heterocycles. The normalized spacial score (nSPS) is 39.4. The second-order valence-corrected chi connectivity index (χ2v) is 7.13. The van der Waals surface area contributed by atoms with Gasteiger partial charge in [0.05, 0.1) is 6.10 Å². The van der Waals surface area contributed by atoms with E-state index in [1.54, 1.807) is 5.57 Å². The maximum absolute atomic E-state index is 9.71. The fourth-order valence-electron chi connectivity index (χ4n) is 4.57. The number of nitrogens with zero attached hydrogens (tertiary/aromatic N) is 1. The van der Waals surface area contributed by atoms with Crippen LogP contribution in [0.1, 0.15) is 65.2 Å². The van der Waals surface area contributed by atoms with Crippen LogP contribution in [0.4, 0.5) is 0 Å². The minimum atomic E-state index is -0.0263. The molecule has 0 aromatic carbocycles. The molecule has 0 aromatic heterocycles. The molecule has 1 N–H and O–H groups in total. The van der Waals surface area contributed by atoms with Gasteiger partial charge in [-0.1, -0.05) is 12.8 Å². The Morgan fingerprint density at radius 3 is 2.42 bits per heavy atom. The van der Waals surface area contributed by atoms with Gasteiger partial charge < -0.3 is 10.0 Å². The number of hydrogen-bond acceptors (Lipinski definition) is 2. The van der Waals surface area contributed by atoms with Crippen LogP contribution in [0.2, 0.25) is 0 Å². The molecule has 2 unspecified atom stereocenters. The number of aliphatic hydroxyl groups excluding tert-OH is 1. The van der Waals surface area contributed by atoms with Crippen LogP contribution in [0.15, 0.2) is 11.8 Å². The van der Waals surface area contributed by atoms with E-state index in [0.717, 1.165) is 30.7 Å². The summed E-state index contributed by atoms with van der Waals surface area (Å²) in [4.78, 5) is 2.64. The van der Waals surface area contributed by atoms with Crippen LogP contribution < -0.4 is 0 Å². The van der Waals surface area contributed by atoms with E-state index >= 15 is 0 Å². The fraction of sp³-hybridized carbons (Fsp3) is 0.882. The van der Waals surface area contributed by atoms with Crippen LogP contribution in [0.5, 0.6) is 0 Å². The Morgan fingerprint density at radius 2 is 1.74 bits per heavy atom. The predicted octanol–water partition coefficient (Wildman–Crippen LogP) is 3.70. The van der Waals surface area contributed by atoms with Crippen LogP contribution in [0.3, 0.4) is 0 Å². The minimum absolute atomic E-state index is 0.0263. The van der Waals surface area contributed by atoms with Gasteiger partial charge in [0.15, 0.2) is 0 Å². The van der Waals surface area contributed by atoms with E-state index in [9.17, 15) is 5.11 Å². The molecule has 0 bridgehead atoms. The Morgan fingerprint density at radius 1 is 1.05 bits per heavy atom. The summed E-state index contributed by atoms with van der Waals surface area (Å²) in [5.41, 5.74) is 1.74. The van der Waals surface area contributed by atoms with Crippen molar-refractivity contribution in [2.45, 2.75) is 83.4 Å². The largest absolute Gasteiger partial charge is 0.393 e. The second-order valence-electron chi connectivity index (χ2n) is 7.13. The van der Waals surface area contributed by atoms with Crippen molar-refractivity contribution in [3.05, 3.63) is 11.8 Å². The van der Waals surface area contributed by atoms with E-state index in [1.165, 1.54) is 38.5 Å². The highest BCUT2D eigenvalue weighted by molar-refractivity contribution is 5.22. The molecule has 2 atom stereocenters. The van der Waals surface area contributed by atoms with Crippen molar-refractivity contribution in [3.8, 4) is 0 Å². The highest BCUT2D eigenvalue weighted by atomic mass is 16.3. The fourth-order valence-corrected chi connectivity index (χ4v) is 4.57. The molecule has 0 amide bonds. The van der Waals surface area contributed by atoms with Gasteiger partial charge in [0.2, 0.25) is 0 Å². The standard InChI is InChI=1S/C17H29NO/c1-12(2)18-11-16(13-7-9-14(19)10-8-13)15-5-3-4-6-17(15)18/h11-15,17,19H,3-10H2,1-2H3. The van der Waals surface area contributed by atoms with Crippen LogP contribution in [0.25, 0.3) is 0 Å². The van der Waals surface area contributed by atoms with Crippen LogP contribution >= 0.6 is 0 Å². The summed E-state index contributed by atoms with van der Waals surface area (Å²) in [7, 11) is 0. The first-order chi connectivity index (χ1) is 9.16. The Balaban J connectivity index is 1.77. The first-order valence-electron chi connectivity index (χ1n) is 8.34. The molecule has 2 fully saturated rings. The molecular weight excluding hydrogens is 234 g/mol. The second kappa shape index (κ2) is 5.47. The smallest absolute Gasteiger partial charge is 0.0540 e. The highest BCUT2D eigenvalue weighted by Crippen LogP contribution is 2.46. The van der Waals surface area contributed by atoms with Crippen LogP contribution in [0, 0.1) is 11.8 Å². The lowest BCUT2D eigenvalue weighted by molar-refractivity contribution is 0.111.